The first-order valence-electron chi connectivity index (χ1n) is 12.0. The van der Waals surface area contributed by atoms with Gasteiger partial charge >= 0.3 is 17.6 Å². The molecule has 210 valence electrons. The van der Waals surface area contributed by atoms with E-state index in [4.69, 9.17) is 19.9 Å². The lowest BCUT2D eigenvalue weighted by atomic mass is 10.0. The van der Waals surface area contributed by atoms with Crippen LogP contribution in [0, 0.1) is 5.82 Å². The van der Waals surface area contributed by atoms with Gasteiger partial charge in [0.15, 0.2) is 6.23 Å². The number of ether oxygens (including phenoxy) is 3. The third kappa shape index (κ3) is 6.66. The van der Waals surface area contributed by atoms with Gasteiger partial charge in [0.05, 0.1) is 12.8 Å². The van der Waals surface area contributed by atoms with Crippen molar-refractivity contribution in [3.63, 3.8) is 0 Å². The van der Waals surface area contributed by atoms with E-state index in [9.17, 15) is 34.2 Å². The molecule has 13 nitrogen and oxygen atoms in total. The molecule has 4 atom stereocenters. The third-order valence-corrected chi connectivity index (χ3v) is 5.98. The number of hydrogen-bond acceptors (Lipinski definition) is 12. The number of nitrogens with two attached hydrogens (primary N) is 1. The number of oxime groups is 1. The summed E-state index contributed by atoms with van der Waals surface area (Å²) >= 11 is 0. The molecule has 1 aliphatic rings. The molecule has 0 spiro atoms. The van der Waals surface area contributed by atoms with E-state index in [0.717, 1.165) is 4.57 Å². The summed E-state index contributed by atoms with van der Waals surface area (Å²) in [4.78, 5) is 39.8. The van der Waals surface area contributed by atoms with Gasteiger partial charge in [0, 0.05) is 17.3 Å². The van der Waals surface area contributed by atoms with E-state index in [0.29, 0.717) is 11.1 Å². The van der Waals surface area contributed by atoms with Gasteiger partial charge < -0.3 is 35.4 Å². The summed E-state index contributed by atoms with van der Waals surface area (Å²) in [6, 6.07) is 12.7. The zero-order chi connectivity index (χ0) is 28.8. The number of carbonyl (C=O) groups excluding carboxylic acids is 2. The van der Waals surface area contributed by atoms with Crippen molar-refractivity contribution in [2.75, 3.05) is 12.3 Å². The highest BCUT2D eigenvalue weighted by Gasteiger charge is 2.44. The Bertz CT molecular complexity index is 1440. The van der Waals surface area contributed by atoms with Crippen LogP contribution in [0.2, 0.25) is 0 Å². The minimum absolute atomic E-state index is 0.0255. The molecule has 0 amide bonds. The second kappa shape index (κ2) is 12.5. The number of halogens is 1. The molecule has 1 aromatic heterocycles. The SMILES string of the molecule is Nc1ccn(C2O[C@H](COC(=O)CCC(=O)Oc3ccc(/C(=N/O)c4ccc(F)cc4)cc3)[C@@H](O)[C@H]2O)c(=O)n1. The number of nitrogens with zero attached hydrogens (tertiary/aromatic N) is 3. The fourth-order valence-electron chi connectivity index (χ4n) is 3.92. The van der Waals surface area contributed by atoms with Crippen LogP contribution >= 0.6 is 0 Å². The predicted octanol–water partition coefficient (Wildman–Crippen LogP) is 0.739. The van der Waals surface area contributed by atoms with E-state index in [-0.39, 0.29) is 30.1 Å². The van der Waals surface area contributed by atoms with E-state index < -0.39 is 54.6 Å². The normalized spacial score (nSPS) is 20.7. The molecule has 40 heavy (non-hydrogen) atoms. The number of aliphatic hydroxyl groups is 2. The predicted molar refractivity (Wildman–Crippen MR) is 135 cm³/mol. The smallest absolute Gasteiger partial charge is 0.351 e. The molecule has 1 unspecified atom stereocenters. The number of aliphatic hydroxyl groups excluding tert-OH is 2. The van der Waals surface area contributed by atoms with Gasteiger partial charge in [-0.3, -0.25) is 14.2 Å². The Morgan fingerprint density at radius 3 is 2.25 bits per heavy atom. The molecule has 1 aliphatic heterocycles. The molecule has 5 N–H and O–H groups in total. The molecule has 3 aromatic rings. The number of hydrogen-bond donors (Lipinski definition) is 4. The monoisotopic (exact) mass is 556 g/mol. The number of nitrogen functional groups attached to an aromatic ring is 1. The van der Waals surface area contributed by atoms with Crippen molar-refractivity contribution < 1.29 is 43.6 Å². The molecule has 2 aromatic carbocycles. The van der Waals surface area contributed by atoms with Gasteiger partial charge in [-0.15, -0.1) is 0 Å². The lowest BCUT2D eigenvalue weighted by Gasteiger charge is -2.16. The second-order valence-corrected chi connectivity index (χ2v) is 8.73. The van der Waals surface area contributed by atoms with Crippen LogP contribution < -0.4 is 16.2 Å². The first-order chi connectivity index (χ1) is 19.2. The van der Waals surface area contributed by atoms with Gasteiger partial charge in [0.2, 0.25) is 0 Å². The fourth-order valence-corrected chi connectivity index (χ4v) is 3.92. The maximum atomic E-state index is 13.2. The third-order valence-electron chi connectivity index (χ3n) is 5.98. The van der Waals surface area contributed by atoms with Gasteiger partial charge in [0.1, 0.15) is 48.0 Å². The van der Waals surface area contributed by atoms with E-state index in [1.54, 1.807) is 12.1 Å². The summed E-state index contributed by atoms with van der Waals surface area (Å²) in [5.74, 6) is -1.79. The quantitative estimate of drug-likeness (QED) is 0.0954. The Balaban J connectivity index is 1.24. The highest BCUT2D eigenvalue weighted by Crippen LogP contribution is 2.28. The minimum atomic E-state index is -1.50. The largest absolute Gasteiger partial charge is 0.463 e. The van der Waals surface area contributed by atoms with Crippen molar-refractivity contribution in [1.82, 2.24) is 9.55 Å². The fraction of sp³-hybridized carbons (Fsp3) is 0.269. The van der Waals surface area contributed by atoms with Crippen molar-refractivity contribution in [1.29, 1.82) is 0 Å². The molecule has 1 fully saturated rings. The maximum Gasteiger partial charge on any atom is 0.351 e. The zero-order valence-corrected chi connectivity index (χ0v) is 20.8. The number of benzene rings is 2. The minimum Gasteiger partial charge on any atom is -0.463 e. The average molecular weight is 557 g/mol. The number of anilines is 1. The van der Waals surface area contributed by atoms with Gasteiger partial charge in [-0.25, -0.2) is 9.18 Å². The first kappa shape index (κ1) is 28.4. The van der Waals surface area contributed by atoms with Crippen LogP contribution in [0.25, 0.3) is 0 Å². The molecule has 0 saturated carbocycles. The number of rotatable bonds is 9. The molecular formula is C26H25FN4O9. The molecule has 0 bridgehead atoms. The Morgan fingerprint density at radius 2 is 1.62 bits per heavy atom. The summed E-state index contributed by atoms with van der Waals surface area (Å²) in [6.07, 6.45) is -4.76. The van der Waals surface area contributed by atoms with Gasteiger partial charge in [-0.2, -0.15) is 4.98 Å². The average Bonchev–Trinajstić information content (AvgIpc) is 3.21. The van der Waals surface area contributed by atoms with Crippen molar-refractivity contribution in [2.24, 2.45) is 5.16 Å². The topological polar surface area (TPSA) is 196 Å². The van der Waals surface area contributed by atoms with Crippen molar-refractivity contribution in [2.45, 2.75) is 37.4 Å². The molecule has 0 aliphatic carbocycles. The second-order valence-electron chi connectivity index (χ2n) is 8.73. The molecule has 0 radical (unpaired) electrons. The summed E-state index contributed by atoms with van der Waals surface area (Å²) in [5, 5.41) is 33.1. The van der Waals surface area contributed by atoms with Crippen LogP contribution in [0.1, 0.15) is 30.2 Å². The number of carbonyl (C=O) groups is 2. The molecular weight excluding hydrogens is 531 g/mol. The summed E-state index contributed by atoms with van der Waals surface area (Å²) in [6.45, 7) is -0.440. The van der Waals surface area contributed by atoms with Crippen LogP contribution in [0.3, 0.4) is 0 Å². The molecule has 2 heterocycles. The van der Waals surface area contributed by atoms with E-state index >= 15 is 0 Å². The van der Waals surface area contributed by atoms with E-state index in [2.05, 4.69) is 10.1 Å². The lowest BCUT2D eigenvalue weighted by molar-refractivity contribution is -0.152. The Labute approximate surface area is 225 Å². The molecule has 14 heteroatoms. The molecule has 4 rings (SSSR count). The van der Waals surface area contributed by atoms with Crippen molar-refractivity contribution >= 4 is 23.5 Å². The summed E-state index contributed by atoms with van der Waals surface area (Å²) in [7, 11) is 0. The van der Waals surface area contributed by atoms with Crippen molar-refractivity contribution in [3.8, 4) is 5.75 Å². The van der Waals surface area contributed by atoms with E-state index in [1.807, 2.05) is 0 Å². The molecule has 1 saturated heterocycles. The van der Waals surface area contributed by atoms with Crippen LogP contribution in [0.15, 0.2) is 70.7 Å². The van der Waals surface area contributed by atoms with Crippen molar-refractivity contribution in [3.05, 3.63) is 88.2 Å². The standard InChI is InChI=1S/C26H25FN4O9/c27-16-5-1-14(2-6-16)22(30-37)15-3-7-17(8-4-15)39-21(33)10-9-20(32)38-13-18-23(34)24(35)25(40-18)31-12-11-19(28)29-26(31)36/h1-8,11-12,18,23-25,34-35,37H,9-10,13H2,(H2,28,29,36)/b30-22+/t18-,23-,24-,25?/m1/s1. The van der Waals surface area contributed by atoms with Gasteiger partial charge in [-0.05, 0) is 54.6 Å². The Morgan fingerprint density at radius 1 is 1.00 bits per heavy atom. The number of esters is 2. The summed E-state index contributed by atoms with van der Waals surface area (Å²) in [5.41, 5.74) is 5.80. The van der Waals surface area contributed by atoms with Gasteiger partial charge in [-0.1, -0.05) is 5.16 Å². The summed E-state index contributed by atoms with van der Waals surface area (Å²) < 4.78 is 29.9. The lowest BCUT2D eigenvalue weighted by Crippen LogP contribution is -2.36. The van der Waals surface area contributed by atoms with E-state index in [1.165, 1.54) is 48.7 Å². The Hall–Kier alpha value is -4.66. The highest BCUT2D eigenvalue weighted by atomic mass is 19.1. The maximum absolute atomic E-state index is 13.2. The van der Waals surface area contributed by atoms with Crippen LogP contribution in [-0.2, 0) is 19.1 Å². The first-order valence-corrected chi connectivity index (χ1v) is 12.0. The van der Waals surface area contributed by atoms with Crippen LogP contribution in [0.5, 0.6) is 5.75 Å². The Kier molecular flexibility index (Phi) is 8.83. The van der Waals surface area contributed by atoms with Crippen LogP contribution in [0.4, 0.5) is 10.2 Å². The number of aromatic nitrogens is 2. The van der Waals surface area contributed by atoms with Gasteiger partial charge in [0.25, 0.3) is 0 Å². The zero-order valence-electron chi connectivity index (χ0n) is 20.8. The van der Waals surface area contributed by atoms with Crippen LogP contribution in [-0.4, -0.2) is 67.5 Å². The highest BCUT2D eigenvalue weighted by molar-refractivity contribution is 6.12.